The number of halogens is 3. The molecule has 1 saturated heterocycles. The maximum absolute atomic E-state index is 12.6. The molecule has 3 heterocycles. The summed E-state index contributed by atoms with van der Waals surface area (Å²) >= 11 is 0. The van der Waals surface area contributed by atoms with Crippen molar-refractivity contribution in [3.05, 3.63) is 36.3 Å². The molecule has 0 radical (unpaired) electrons. The fraction of sp³-hybridized carbons (Fsp3) is 0.400. The molecule has 1 aliphatic heterocycles. The predicted octanol–water partition coefficient (Wildman–Crippen LogP) is 2.19. The van der Waals surface area contributed by atoms with Gasteiger partial charge in [-0.05, 0) is 12.1 Å². The Morgan fingerprint density at radius 2 is 1.88 bits per heavy atom. The van der Waals surface area contributed by atoms with E-state index in [2.05, 4.69) is 15.4 Å². The van der Waals surface area contributed by atoms with Gasteiger partial charge >= 0.3 is 12.2 Å². The van der Waals surface area contributed by atoms with Gasteiger partial charge in [-0.25, -0.2) is 9.78 Å². The Balaban J connectivity index is 1.55. The maximum Gasteiger partial charge on any atom is 0.417 e. The fourth-order valence-electron chi connectivity index (χ4n) is 2.57. The van der Waals surface area contributed by atoms with Gasteiger partial charge in [-0.15, -0.1) is 0 Å². The molecule has 0 spiro atoms. The Kier molecular flexibility index (Phi) is 4.51. The van der Waals surface area contributed by atoms with Gasteiger partial charge in [-0.1, -0.05) is 0 Å². The number of piperazine rings is 1. The van der Waals surface area contributed by atoms with Crippen molar-refractivity contribution in [1.82, 2.24) is 19.7 Å². The lowest BCUT2D eigenvalue weighted by molar-refractivity contribution is -0.137. The molecule has 1 fully saturated rings. The first-order valence-corrected chi connectivity index (χ1v) is 7.66. The van der Waals surface area contributed by atoms with E-state index in [-0.39, 0.29) is 6.03 Å². The molecular weight excluding hydrogens is 337 g/mol. The number of carbonyl (C=O) groups is 1. The molecule has 134 valence electrons. The molecule has 2 aromatic heterocycles. The van der Waals surface area contributed by atoms with Crippen molar-refractivity contribution in [2.45, 2.75) is 6.18 Å². The second-order valence-corrected chi connectivity index (χ2v) is 5.71. The summed E-state index contributed by atoms with van der Waals surface area (Å²) in [7, 11) is 1.76. The van der Waals surface area contributed by atoms with Crippen LogP contribution in [-0.4, -0.2) is 51.9 Å². The lowest BCUT2D eigenvalue weighted by atomic mass is 10.2. The largest absolute Gasteiger partial charge is 0.417 e. The Labute approximate surface area is 142 Å². The number of urea groups is 1. The molecule has 2 aromatic rings. The number of anilines is 2. The third-order valence-electron chi connectivity index (χ3n) is 3.92. The van der Waals surface area contributed by atoms with E-state index < -0.39 is 11.7 Å². The molecule has 3 rings (SSSR count). The number of nitrogens with one attached hydrogen (secondary N) is 1. The van der Waals surface area contributed by atoms with E-state index in [9.17, 15) is 18.0 Å². The first kappa shape index (κ1) is 17.1. The standard InChI is InChI=1S/C15H17F3N6O/c1-22-10-12(9-20-22)21-14(25)24-6-4-23(5-7-24)13-3-2-11(8-19-13)15(16,17)18/h2-3,8-10H,4-7H2,1H3,(H,21,25). The highest BCUT2D eigenvalue weighted by Gasteiger charge is 2.31. The summed E-state index contributed by atoms with van der Waals surface area (Å²) < 4.78 is 39.3. The normalized spacial score (nSPS) is 15.4. The van der Waals surface area contributed by atoms with Crippen LogP contribution in [0.25, 0.3) is 0 Å². The van der Waals surface area contributed by atoms with Crippen LogP contribution in [-0.2, 0) is 13.2 Å². The number of alkyl halides is 3. The molecular formula is C15H17F3N6O. The Morgan fingerprint density at radius 3 is 2.40 bits per heavy atom. The molecule has 10 heteroatoms. The molecule has 0 atom stereocenters. The van der Waals surface area contributed by atoms with Gasteiger partial charge in [0, 0.05) is 45.6 Å². The quantitative estimate of drug-likeness (QED) is 0.898. The monoisotopic (exact) mass is 354 g/mol. The van der Waals surface area contributed by atoms with Crippen LogP contribution in [0, 0.1) is 0 Å². The number of pyridine rings is 1. The van der Waals surface area contributed by atoms with Gasteiger partial charge < -0.3 is 15.1 Å². The summed E-state index contributed by atoms with van der Waals surface area (Å²) in [5.74, 6) is 0.473. The van der Waals surface area contributed by atoms with E-state index in [4.69, 9.17) is 0 Å². The second kappa shape index (κ2) is 6.61. The number of carbonyl (C=O) groups excluding carboxylic acids is 1. The number of hydrogen-bond donors (Lipinski definition) is 1. The number of aromatic nitrogens is 3. The minimum atomic E-state index is -4.39. The maximum atomic E-state index is 12.6. The Morgan fingerprint density at radius 1 is 1.16 bits per heavy atom. The number of nitrogens with zero attached hydrogens (tertiary/aromatic N) is 5. The van der Waals surface area contributed by atoms with E-state index in [1.807, 2.05) is 4.90 Å². The Hall–Kier alpha value is -2.78. The van der Waals surface area contributed by atoms with E-state index in [0.717, 1.165) is 12.3 Å². The summed E-state index contributed by atoms with van der Waals surface area (Å²) in [6, 6.07) is 2.14. The molecule has 2 amide bonds. The summed E-state index contributed by atoms with van der Waals surface area (Å²) in [5, 5.41) is 6.73. The summed E-state index contributed by atoms with van der Waals surface area (Å²) in [6.45, 7) is 1.90. The van der Waals surface area contributed by atoms with Crippen molar-refractivity contribution >= 4 is 17.5 Å². The van der Waals surface area contributed by atoms with Gasteiger partial charge in [0.05, 0.1) is 17.4 Å². The highest BCUT2D eigenvalue weighted by Crippen LogP contribution is 2.29. The van der Waals surface area contributed by atoms with Crippen molar-refractivity contribution < 1.29 is 18.0 Å². The molecule has 1 N–H and O–H groups in total. The van der Waals surface area contributed by atoms with Crippen molar-refractivity contribution in [3.63, 3.8) is 0 Å². The van der Waals surface area contributed by atoms with Crippen molar-refractivity contribution in [1.29, 1.82) is 0 Å². The summed E-state index contributed by atoms with van der Waals surface area (Å²) in [5.41, 5.74) is -0.162. The number of hydrogen-bond acceptors (Lipinski definition) is 4. The zero-order chi connectivity index (χ0) is 18.0. The third-order valence-corrected chi connectivity index (χ3v) is 3.92. The lowest BCUT2D eigenvalue weighted by Crippen LogP contribution is -2.50. The molecule has 0 aromatic carbocycles. The second-order valence-electron chi connectivity index (χ2n) is 5.71. The van der Waals surface area contributed by atoms with Crippen LogP contribution >= 0.6 is 0 Å². The molecule has 7 nitrogen and oxygen atoms in total. The highest BCUT2D eigenvalue weighted by molar-refractivity contribution is 5.89. The van der Waals surface area contributed by atoms with E-state index >= 15 is 0 Å². The van der Waals surface area contributed by atoms with Gasteiger partial charge in [0.2, 0.25) is 0 Å². The zero-order valence-electron chi connectivity index (χ0n) is 13.5. The Bertz CT molecular complexity index is 734. The smallest absolute Gasteiger partial charge is 0.353 e. The van der Waals surface area contributed by atoms with Crippen LogP contribution in [0.2, 0.25) is 0 Å². The third kappa shape index (κ3) is 4.01. The highest BCUT2D eigenvalue weighted by atomic mass is 19.4. The first-order chi connectivity index (χ1) is 11.8. The van der Waals surface area contributed by atoms with E-state index in [1.165, 1.54) is 6.07 Å². The molecule has 0 saturated carbocycles. The van der Waals surface area contributed by atoms with Crippen LogP contribution in [0.15, 0.2) is 30.7 Å². The summed E-state index contributed by atoms with van der Waals surface area (Å²) in [4.78, 5) is 19.6. The molecule has 25 heavy (non-hydrogen) atoms. The minimum absolute atomic E-state index is 0.229. The van der Waals surface area contributed by atoms with Crippen LogP contribution < -0.4 is 10.2 Å². The fourth-order valence-corrected chi connectivity index (χ4v) is 2.57. The molecule has 0 bridgehead atoms. The van der Waals surface area contributed by atoms with Crippen molar-refractivity contribution in [2.24, 2.45) is 7.05 Å². The average molecular weight is 354 g/mol. The number of amides is 2. The van der Waals surface area contributed by atoms with Crippen LogP contribution in [0.1, 0.15) is 5.56 Å². The lowest BCUT2D eigenvalue weighted by Gasteiger charge is -2.35. The van der Waals surface area contributed by atoms with Gasteiger partial charge in [0.1, 0.15) is 5.82 Å². The van der Waals surface area contributed by atoms with Gasteiger partial charge in [0.25, 0.3) is 0 Å². The average Bonchev–Trinajstić information content (AvgIpc) is 2.99. The van der Waals surface area contributed by atoms with Crippen molar-refractivity contribution in [3.8, 4) is 0 Å². The van der Waals surface area contributed by atoms with Crippen LogP contribution in [0.5, 0.6) is 0 Å². The first-order valence-electron chi connectivity index (χ1n) is 7.66. The van der Waals surface area contributed by atoms with E-state index in [1.54, 1.807) is 29.0 Å². The van der Waals surface area contributed by atoms with Gasteiger partial charge in [-0.2, -0.15) is 18.3 Å². The number of rotatable bonds is 2. The summed E-state index contributed by atoms with van der Waals surface area (Å²) in [6.07, 6.45) is -0.314. The molecule has 0 unspecified atom stereocenters. The topological polar surface area (TPSA) is 66.3 Å². The zero-order valence-corrected chi connectivity index (χ0v) is 13.5. The predicted molar refractivity (Wildman–Crippen MR) is 85.3 cm³/mol. The van der Waals surface area contributed by atoms with Crippen molar-refractivity contribution in [2.75, 3.05) is 36.4 Å². The number of aryl methyl sites for hydroxylation is 1. The van der Waals surface area contributed by atoms with Gasteiger partial charge in [-0.3, -0.25) is 4.68 Å². The SMILES string of the molecule is Cn1cc(NC(=O)N2CCN(c3ccc(C(F)(F)F)cn3)CC2)cn1. The molecule has 0 aliphatic carbocycles. The van der Waals surface area contributed by atoms with Gasteiger partial charge in [0.15, 0.2) is 0 Å². The molecule has 1 aliphatic rings. The van der Waals surface area contributed by atoms with Crippen LogP contribution in [0.3, 0.4) is 0 Å². The minimum Gasteiger partial charge on any atom is -0.353 e. The van der Waals surface area contributed by atoms with E-state index in [0.29, 0.717) is 37.7 Å². The van der Waals surface area contributed by atoms with Crippen LogP contribution in [0.4, 0.5) is 29.5 Å².